The molecule has 0 bridgehead atoms. The van der Waals surface area contributed by atoms with Crippen LogP contribution in [0.2, 0.25) is 0 Å². The van der Waals surface area contributed by atoms with E-state index >= 15 is 0 Å². The summed E-state index contributed by atoms with van der Waals surface area (Å²) in [6.45, 7) is 2.96. The molecule has 0 aliphatic heterocycles. The zero-order valence-electron chi connectivity index (χ0n) is 10.1. The Bertz CT molecular complexity index is 630. The number of benzene rings is 1. The van der Waals surface area contributed by atoms with Crippen molar-refractivity contribution >= 4 is 29.2 Å². The molecular formula is C12H15N3O2S. The van der Waals surface area contributed by atoms with Crippen molar-refractivity contribution in [3.05, 3.63) is 28.5 Å². The van der Waals surface area contributed by atoms with Gasteiger partial charge in [0.2, 0.25) is 5.91 Å². The van der Waals surface area contributed by atoms with Gasteiger partial charge in [0.1, 0.15) is 6.61 Å². The van der Waals surface area contributed by atoms with Crippen LogP contribution in [0.1, 0.15) is 5.56 Å². The topological polar surface area (TPSA) is 73.0 Å². The van der Waals surface area contributed by atoms with Crippen LogP contribution >= 0.6 is 12.2 Å². The average Bonchev–Trinajstić information content (AvgIpc) is 2.63. The van der Waals surface area contributed by atoms with Crippen molar-refractivity contribution in [3.8, 4) is 0 Å². The number of nitrogens with two attached hydrogens (primary N) is 1. The van der Waals surface area contributed by atoms with Crippen LogP contribution in [0.25, 0.3) is 11.0 Å². The number of carbonyl (C=O) groups excluding carboxylic acids is 1. The number of ether oxygens (including phenoxy) is 1. The molecule has 0 spiro atoms. The maximum atomic E-state index is 10.5. The zero-order valence-corrected chi connectivity index (χ0v) is 10.9. The number of hydrogen-bond donors (Lipinski definition) is 2. The fourth-order valence-corrected chi connectivity index (χ4v) is 2.17. The molecule has 1 amide bonds. The van der Waals surface area contributed by atoms with Crippen molar-refractivity contribution in [2.75, 3.05) is 13.2 Å². The highest BCUT2D eigenvalue weighted by atomic mass is 32.1. The van der Waals surface area contributed by atoms with Crippen LogP contribution in [0.15, 0.2) is 18.2 Å². The molecule has 0 saturated carbocycles. The van der Waals surface area contributed by atoms with Crippen molar-refractivity contribution in [1.82, 2.24) is 9.55 Å². The number of amides is 1. The lowest BCUT2D eigenvalue weighted by atomic mass is 10.2. The van der Waals surface area contributed by atoms with Gasteiger partial charge in [0.25, 0.3) is 0 Å². The van der Waals surface area contributed by atoms with E-state index in [1.807, 2.05) is 29.7 Å². The van der Waals surface area contributed by atoms with Crippen LogP contribution < -0.4 is 5.73 Å². The van der Waals surface area contributed by atoms with Gasteiger partial charge in [-0.1, -0.05) is 12.1 Å². The van der Waals surface area contributed by atoms with Gasteiger partial charge in [-0.2, -0.15) is 0 Å². The van der Waals surface area contributed by atoms with Crippen molar-refractivity contribution < 1.29 is 9.53 Å². The molecule has 0 unspecified atom stereocenters. The molecule has 1 aromatic carbocycles. The molecular weight excluding hydrogens is 250 g/mol. The smallest absolute Gasteiger partial charge is 0.243 e. The van der Waals surface area contributed by atoms with Crippen LogP contribution in [0.5, 0.6) is 0 Å². The number of nitrogens with zero attached hydrogens (tertiary/aromatic N) is 1. The number of aryl methyl sites for hydroxylation is 1. The standard InChI is InChI=1S/C12H15N3O2S/c1-8-3-2-4-9-11(8)14-12(18)15(9)5-6-17-7-10(13)16/h2-4H,5-7H2,1H3,(H2,13,16)(H,14,18). The Labute approximate surface area is 110 Å². The SMILES string of the molecule is Cc1cccc2c1[nH]c(=S)n2CCOCC(N)=O. The minimum atomic E-state index is -0.464. The van der Waals surface area contributed by atoms with Crippen LogP contribution in [-0.2, 0) is 16.1 Å². The van der Waals surface area contributed by atoms with Gasteiger partial charge in [-0.15, -0.1) is 0 Å². The van der Waals surface area contributed by atoms with Crippen molar-refractivity contribution in [1.29, 1.82) is 0 Å². The van der Waals surface area contributed by atoms with E-state index in [-0.39, 0.29) is 6.61 Å². The first-order valence-corrected chi connectivity index (χ1v) is 6.04. The molecule has 18 heavy (non-hydrogen) atoms. The van der Waals surface area contributed by atoms with Gasteiger partial charge in [0.15, 0.2) is 4.77 Å². The Morgan fingerprint density at radius 3 is 3.06 bits per heavy atom. The highest BCUT2D eigenvalue weighted by Gasteiger charge is 2.05. The van der Waals surface area contributed by atoms with E-state index in [1.165, 1.54) is 0 Å². The summed E-state index contributed by atoms with van der Waals surface area (Å²) in [5.74, 6) is -0.464. The molecule has 0 radical (unpaired) electrons. The second-order valence-electron chi connectivity index (χ2n) is 4.07. The summed E-state index contributed by atoms with van der Waals surface area (Å²) in [4.78, 5) is 13.7. The van der Waals surface area contributed by atoms with E-state index in [1.54, 1.807) is 0 Å². The van der Waals surface area contributed by atoms with E-state index < -0.39 is 5.91 Å². The minimum absolute atomic E-state index is 0.0608. The van der Waals surface area contributed by atoms with Gasteiger partial charge in [-0.25, -0.2) is 0 Å². The molecule has 6 heteroatoms. The van der Waals surface area contributed by atoms with Gasteiger partial charge in [0.05, 0.1) is 17.6 Å². The first-order chi connectivity index (χ1) is 8.59. The Morgan fingerprint density at radius 1 is 1.56 bits per heavy atom. The minimum Gasteiger partial charge on any atom is -0.370 e. The molecule has 0 atom stereocenters. The molecule has 0 aliphatic rings. The Kier molecular flexibility index (Phi) is 3.78. The second kappa shape index (κ2) is 5.32. The summed E-state index contributed by atoms with van der Waals surface area (Å²) < 4.78 is 7.76. The number of aromatic amines is 1. The Balaban J connectivity index is 2.18. The van der Waals surface area contributed by atoms with E-state index in [2.05, 4.69) is 4.98 Å². The van der Waals surface area contributed by atoms with Crippen molar-refractivity contribution in [3.63, 3.8) is 0 Å². The molecule has 96 valence electrons. The first kappa shape index (κ1) is 12.8. The fraction of sp³-hybridized carbons (Fsp3) is 0.333. The highest BCUT2D eigenvalue weighted by Crippen LogP contribution is 2.17. The fourth-order valence-electron chi connectivity index (χ4n) is 1.87. The highest BCUT2D eigenvalue weighted by molar-refractivity contribution is 7.71. The third-order valence-corrected chi connectivity index (χ3v) is 3.04. The number of fused-ring (bicyclic) bond motifs is 1. The van der Waals surface area contributed by atoms with Crippen LogP contribution in [0.4, 0.5) is 0 Å². The number of aromatic nitrogens is 2. The molecule has 0 fully saturated rings. The quantitative estimate of drug-likeness (QED) is 0.635. The van der Waals surface area contributed by atoms with E-state index in [9.17, 15) is 4.79 Å². The number of nitrogens with one attached hydrogen (secondary N) is 1. The predicted octanol–water partition coefficient (Wildman–Crippen LogP) is 1.51. The zero-order chi connectivity index (χ0) is 13.1. The third kappa shape index (κ3) is 2.60. The lowest BCUT2D eigenvalue weighted by molar-refractivity contribution is -0.122. The number of hydrogen-bond acceptors (Lipinski definition) is 3. The van der Waals surface area contributed by atoms with Crippen LogP contribution in [-0.4, -0.2) is 28.7 Å². The molecule has 5 nitrogen and oxygen atoms in total. The maximum absolute atomic E-state index is 10.5. The molecule has 1 aromatic heterocycles. The summed E-state index contributed by atoms with van der Waals surface area (Å²) in [7, 11) is 0. The second-order valence-corrected chi connectivity index (χ2v) is 4.46. The number of carbonyl (C=O) groups is 1. The van der Waals surface area contributed by atoms with E-state index in [0.29, 0.717) is 17.9 Å². The van der Waals surface area contributed by atoms with Gasteiger partial charge in [-0.3, -0.25) is 4.79 Å². The summed E-state index contributed by atoms with van der Waals surface area (Å²) >= 11 is 5.27. The van der Waals surface area contributed by atoms with E-state index in [0.717, 1.165) is 16.6 Å². The number of H-pyrrole nitrogens is 1. The van der Waals surface area contributed by atoms with Gasteiger partial charge in [0, 0.05) is 6.54 Å². The monoisotopic (exact) mass is 265 g/mol. The summed E-state index contributed by atoms with van der Waals surface area (Å²) in [6, 6.07) is 6.02. The summed E-state index contributed by atoms with van der Waals surface area (Å²) in [5, 5.41) is 0. The van der Waals surface area contributed by atoms with Gasteiger partial charge < -0.3 is 20.0 Å². The largest absolute Gasteiger partial charge is 0.370 e. The number of imidazole rings is 1. The van der Waals surface area contributed by atoms with Crippen molar-refractivity contribution in [2.24, 2.45) is 5.73 Å². The lowest BCUT2D eigenvalue weighted by Crippen LogP contribution is -2.19. The third-order valence-electron chi connectivity index (χ3n) is 2.72. The molecule has 0 saturated heterocycles. The molecule has 2 rings (SSSR count). The van der Waals surface area contributed by atoms with Gasteiger partial charge >= 0.3 is 0 Å². The Hall–Kier alpha value is -1.66. The molecule has 1 heterocycles. The normalized spacial score (nSPS) is 10.9. The predicted molar refractivity (Wildman–Crippen MR) is 71.9 cm³/mol. The number of primary amides is 1. The average molecular weight is 265 g/mol. The molecule has 2 aromatic rings. The molecule has 3 N–H and O–H groups in total. The van der Waals surface area contributed by atoms with Crippen LogP contribution in [0.3, 0.4) is 0 Å². The molecule has 0 aliphatic carbocycles. The first-order valence-electron chi connectivity index (χ1n) is 5.64. The van der Waals surface area contributed by atoms with Crippen molar-refractivity contribution in [2.45, 2.75) is 13.5 Å². The maximum Gasteiger partial charge on any atom is 0.243 e. The Morgan fingerprint density at radius 2 is 2.33 bits per heavy atom. The summed E-state index contributed by atoms with van der Waals surface area (Å²) in [6.07, 6.45) is 0. The van der Waals surface area contributed by atoms with E-state index in [4.69, 9.17) is 22.7 Å². The summed E-state index contributed by atoms with van der Waals surface area (Å²) in [5.41, 5.74) is 8.23. The number of para-hydroxylation sites is 1. The van der Waals surface area contributed by atoms with Crippen LogP contribution in [0, 0.1) is 11.7 Å². The number of rotatable bonds is 5. The lowest BCUT2D eigenvalue weighted by Gasteiger charge is -2.05. The van der Waals surface area contributed by atoms with Gasteiger partial charge in [-0.05, 0) is 30.8 Å².